The molecule has 2 atom stereocenters. The van der Waals surface area contributed by atoms with E-state index in [2.05, 4.69) is 146 Å². The summed E-state index contributed by atoms with van der Waals surface area (Å²) in [5.74, 6) is 1.15. The summed E-state index contributed by atoms with van der Waals surface area (Å²) >= 11 is 0. The van der Waals surface area contributed by atoms with Gasteiger partial charge in [0.1, 0.15) is 0 Å². The monoisotopic (exact) mass is 524 g/mol. The van der Waals surface area contributed by atoms with E-state index in [1.807, 2.05) is 0 Å². The molecule has 0 saturated heterocycles. The third kappa shape index (κ3) is 3.90. The Balaban J connectivity index is 1.32. The van der Waals surface area contributed by atoms with E-state index in [1.54, 1.807) is 0 Å². The topological polar surface area (TPSA) is 0 Å². The Morgan fingerprint density at radius 3 is 1.71 bits per heavy atom. The maximum Gasteiger partial charge on any atom is 0.0123 e. The van der Waals surface area contributed by atoms with Gasteiger partial charge in [-0.2, -0.15) is 0 Å². The molecular weight excluding hydrogens is 492 g/mol. The van der Waals surface area contributed by atoms with Gasteiger partial charge in [-0.3, -0.25) is 0 Å². The molecule has 7 aromatic carbocycles. The second kappa shape index (κ2) is 9.75. The predicted octanol–water partition coefficient (Wildman–Crippen LogP) is 11.2. The molecule has 0 heteroatoms. The van der Waals surface area contributed by atoms with Gasteiger partial charge in [-0.05, 0) is 89.7 Å². The summed E-state index contributed by atoms with van der Waals surface area (Å²) in [6.45, 7) is 2.34. The Labute approximate surface area is 241 Å². The van der Waals surface area contributed by atoms with Crippen LogP contribution in [0.4, 0.5) is 0 Å². The normalized spacial score (nSPS) is 16.4. The maximum atomic E-state index is 2.39. The van der Waals surface area contributed by atoms with Gasteiger partial charge < -0.3 is 0 Å². The SMILES string of the molecule is CCC1Cc2ccccc2C1c1ccc(-c2c3ccccc3c(-c3ccc4ccccc4c3)c3ccccc23)cc1. The summed E-state index contributed by atoms with van der Waals surface area (Å²) in [5, 5.41) is 7.76. The smallest absolute Gasteiger partial charge is 0.0123 e. The second-order valence-electron chi connectivity index (χ2n) is 11.6. The first-order valence-electron chi connectivity index (χ1n) is 14.9. The summed E-state index contributed by atoms with van der Waals surface area (Å²) in [4.78, 5) is 0. The minimum atomic E-state index is 0.481. The van der Waals surface area contributed by atoms with E-state index in [4.69, 9.17) is 0 Å². The number of rotatable bonds is 4. The van der Waals surface area contributed by atoms with Crippen LogP contribution >= 0.6 is 0 Å². The molecule has 0 heterocycles. The highest BCUT2D eigenvalue weighted by molar-refractivity contribution is 6.21. The first-order valence-corrected chi connectivity index (χ1v) is 14.9. The average Bonchev–Trinajstić information content (AvgIpc) is 3.42. The van der Waals surface area contributed by atoms with Crippen LogP contribution < -0.4 is 0 Å². The molecule has 8 rings (SSSR count). The minimum absolute atomic E-state index is 0.481. The van der Waals surface area contributed by atoms with E-state index < -0.39 is 0 Å². The van der Waals surface area contributed by atoms with Crippen LogP contribution in [-0.2, 0) is 6.42 Å². The molecular formula is C41H32. The van der Waals surface area contributed by atoms with E-state index in [0.717, 1.165) is 0 Å². The first-order chi connectivity index (χ1) is 20.3. The lowest BCUT2D eigenvalue weighted by Gasteiger charge is -2.21. The fourth-order valence-electron chi connectivity index (χ4n) is 7.46. The summed E-state index contributed by atoms with van der Waals surface area (Å²) in [6.07, 6.45) is 2.39. The molecule has 2 unspecified atom stereocenters. The summed E-state index contributed by atoms with van der Waals surface area (Å²) in [5.41, 5.74) is 9.67. The molecule has 41 heavy (non-hydrogen) atoms. The summed E-state index contributed by atoms with van der Waals surface area (Å²) in [7, 11) is 0. The fraction of sp³-hybridized carbons (Fsp3) is 0.122. The van der Waals surface area contributed by atoms with Crippen molar-refractivity contribution >= 4 is 32.3 Å². The minimum Gasteiger partial charge on any atom is -0.0651 e. The van der Waals surface area contributed by atoms with E-state index in [1.165, 1.54) is 84.1 Å². The number of benzene rings is 7. The lowest BCUT2D eigenvalue weighted by molar-refractivity contribution is 0.488. The van der Waals surface area contributed by atoms with Crippen molar-refractivity contribution in [2.24, 2.45) is 5.92 Å². The highest BCUT2D eigenvalue weighted by atomic mass is 14.4. The lowest BCUT2D eigenvalue weighted by atomic mass is 9.82. The van der Waals surface area contributed by atoms with E-state index in [-0.39, 0.29) is 0 Å². The zero-order chi connectivity index (χ0) is 27.3. The molecule has 0 fully saturated rings. The number of hydrogen-bond donors (Lipinski definition) is 0. The van der Waals surface area contributed by atoms with E-state index in [9.17, 15) is 0 Å². The van der Waals surface area contributed by atoms with Crippen LogP contribution in [0.2, 0.25) is 0 Å². The van der Waals surface area contributed by atoms with Gasteiger partial charge in [0.2, 0.25) is 0 Å². The van der Waals surface area contributed by atoms with E-state index in [0.29, 0.717) is 11.8 Å². The molecule has 0 spiro atoms. The van der Waals surface area contributed by atoms with Crippen LogP contribution in [0.15, 0.2) is 140 Å². The molecule has 0 nitrogen and oxygen atoms in total. The van der Waals surface area contributed by atoms with Gasteiger partial charge in [0, 0.05) is 5.92 Å². The van der Waals surface area contributed by atoms with Gasteiger partial charge in [0.15, 0.2) is 0 Å². The Morgan fingerprint density at radius 1 is 0.512 bits per heavy atom. The van der Waals surface area contributed by atoms with Gasteiger partial charge in [0.25, 0.3) is 0 Å². The lowest BCUT2D eigenvalue weighted by Crippen LogP contribution is -2.08. The molecule has 0 saturated carbocycles. The van der Waals surface area contributed by atoms with Crippen molar-refractivity contribution in [2.45, 2.75) is 25.7 Å². The van der Waals surface area contributed by atoms with Crippen LogP contribution in [-0.4, -0.2) is 0 Å². The molecule has 0 amide bonds. The van der Waals surface area contributed by atoms with Gasteiger partial charge in [-0.1, -0.05) is 147 Å². The highest BCUT2D eigenvalue weighted by Gasteiger charge is 2.32. The maximum absolute atomic E-state index is 2.39. The van der Waals surface area contributed by atoms with Crippen molar-refractivity contribution in [2.75, 3.05) is 0 Å². The van der Waals surface area contributed by atoms with Crippen LogP contribution in [0.3, 0.4) is 0 Å². The van der Waals surface area contributed by atoms with Crippen LogP contribution in [0.5, 0.6) is 0 Å². The predicted molar refractivity (Wildman–Crippen MR) is 176 cm³/mol. The second-order valence-corrected chi connectivity index (χ2v) is 11.6. The molecule has 0 bridgehead atoms. The van der Waals surface area contributed by atoms with Crippen molar-refractivity contribution in [1.29, 1.82) is 0 Å². The average molecular weight is 525 g/mol. The largest absolute Gasteiger partial charge is 0.0651 e. The zero-order valence-corrected chi connectivity index (χ0v) is 23.3. The number of fused-ring (bicyclic) bond motifs is 4. The summed E-state index contributed by atoms with van der Waals surface area (Å²) < 4.78 is 0. The van der Waals surface area contributed by atoms with E-state index >= 15 is 0 Å². The third-order valence-corrected chi connectivity index (χ3v) is 9.40. The molecule has 1 aliphatic rings. The Kier molecular flexibility index (Phi) is 5.74. The fourth-order valence-corrected chi connectivity index (χ4v) is 7.46. The molecule has 1 aliphatic carbocycles. The Bertz CT molecular complexity index is 2000. The van der Waals surface area contributed by atoms with Gasteiger partial charge in [-0.15, -0.1) is 0 Å². The summed E-state index contributed by atoms with van der Waals surface area (Å²) in [6, 6.07) is 52.0. The van der Waals surface area contributed by atoms with Crippen LogP contribution in [0, 0.1) is 5.92 Å². The molecule has 0 aliphatic heterocycles. The quantitative estimate of drug-likeness (QED) is 0.201. The van der Waals surface area contributed by atoms with Crippen LogP contribution in [0.25, 0.3) is 54.6 Å². The van der Waals surface area contributed by atoms with Crippen molar-refractivity contribution < 1.29 is 0 Å². The van der Waals surface area contributed by atoms with Crippen molar-refractivity contribution in [3.05, 3.63) is 156 Å². The molecule has 0 aromatic heterocycles. The Morgan fingerprint density at radius 2 is 1.05 bits per heavy atom. The molecule has 0 N–H and O–H groups in total. The van der Waals surface area contributed by atoms with Gasteiger partial charge >= 0.3 is 0 Å². The molecule has 0 radical (unpaired) electrons. The molecule has 196 valence electrons. The third-order valence-electron chi connectivity index (χ3n) is 9.40. The zero-order valence-electron chi connectivity index (χ0n) is 23.3. The van der Waals surface area contributed by atoms with Crippen molar-refractivity contribution in [1.82, 2.24) is 0 Å². The van der Waals surface area contributed by atoms with Crippen molar-refractivity contribution in [3.63, 3.8) is 0 Å². The number of hydrogen-bond acceptors (Lipinski definition) is 0. The highest BCUT2D eigenvalue weighted by Crippen LogP contribution is 2.46. The van der Waals surface area contributed by atoms with Gasteiger partial charge in [-0.25, -0.2) is 0 Å². The van der Waals surface area contributed by atoms with Crippen molar-refractivity contribution in [3.8, 4) is 22.3 Å². The molecule has 7 aromatic rings. The standard InChI is InChI=1S/C41H32/c1-2-27-25-32-13-5-6-14-34(32)39(27)29-20-22-30(23-21-29)40-35-15-7-9-17-37(35)41(38-18-10-8-16-36(38)40)33-24-19-28-11-3-4-12-31(28)26-33/h3-24,26-27,39H,2,25H2,1H3. The Hall–Kier alpha value is -4.68. The van der Waals surface area contributed by atoms with Gasteiger partial charge in [0.05, 0.1) is 0 Å². The first kappa shape index (κ1) is 24.1. The van der Waals surface area contributed by atoms with Crippen LogP contribution in [0.1, 0.15) is 36.0 Å².